The summed E-state index contributed by atoms with van der Waals surface area (Å²) < 4.78 is 12.3. The minimum absolute atomic E-state index is 0.00885. The van der Waals surface area contributed by atoms with E-state index in [4.69, 9.17) is 14.5 Å². The highest BCUT2D eigenvalue weighted by Gasteiger charge is 2.31. The number of ether oxygens (including phenoxy) is 2. The molecule has 0 saturated carbocycles. The van der Waals surface area contributed by atoms with Gasteiger partial charge in [0.05, 0.1) is 6.61 Å². The molecule has 0 saturated heterocycles. The van der Waals surface area contributed by atoms with Gasteiger partial charge in [-0.15, -0.1) is 0 Å². The molecule has 1 atom stereocenters. The highest BCUT2D eigenvalue weighted by atomic mass is 16.5. The van der Waals surface area contributed by atoms with Crippen molar-refractivity contribution in [3.8, 4) is 11.5 Å². The minimum atomic E-state index is 0.00885. The predicted molar refractivity (Wildman–Crippen MR) is 160 cm³/mol. The Morgan fingerprint density at radius 3 is 2.44 bits per heavy atom. The average Bonchev–Trinajstić information content (AvgIpc) is 3.39. The summed E-state index contributed by atoms with van der Waals surface area (Å²) in [6.07, 6.45) is 4.99. The summed E-state index contributed by atoms with van der Waals surface area (Å²) in [5.41, 5.74) is 8.16. The molecule has 0 aliphatic carbocycles. The van der Waals surface area contributed by atoms with E-state index < -0.39 is 0 Å². The molecular formula is C35H32N2O2. The van der Waals surface area contributed by atoms with Gasteiger partial charge in [0.2, 0.25) is 0 Å². The molecule has 1 N–H and O–H groups in total. The molecule has 5 aromatic rings. The zero-order valence-corrected chi connectivity index (χ0v) is 22.4. The number of aryl methyl sites for hydroxylation is 1. The Morgan fingerprint density at radius 2 is 1.62 bits per heavy atom. The van der Waals surface area contributed by atoms with Gasteiger partial charge >= 0.3 is 0 Å². The first-order chi connectivity index (χ1) is 19.2. The average molecular weight is 513 g/mol. The maximum Gasteiger partial charge on any atom is 0.140 e. The normalized spacial score (nSPS) is 15.0. The maximum atomic E-state index is 6.63. The SMILES string of the molecule is CCOc1ccc(C2=C(C=NCCc3c[nH]c4ccccc34)[C@H](c3ccccc3C)c3ccccc3O2)cc1. The number of H-pyrrole nitrogens is 1. The zero-order chi connectivity index (χ0) is 26.6. The summed E-state index contributed by atoms with van der Waals surface area (Å²) in [5.74, 6) is 2.57. The molecule has 1 aliphatic heterocycles. The van der Waals surface area contributed by atoms with Crippen molar-refractivity contribution in [2.24, 2.45) is 4.99 Å². The van der Waals surface area contributed by atoms with E-state index >= 15 is 0 Å². The summed E-state index contributed by atoms with van der Waals surface area (Å²) in [6.45, 7) is 5.49. The van der Waals surface area contributed by atoms with Gasteiger partial charge in [-0.25, -0.2) is 0 Å². The minimum Gasteiger partial charge on any atom is -0.494 e. The number of aromatic amines is 1. The van der Waals surface area contributed by atoms with Gasteiger partial charge in [-0.2, -0.15) is 0 Å². The van der Waals surface area contributed by atoms with E-state index in [1.165, 1.54) is 22.1 Å². The molecule has 194 valence electrons. The molecule has 0 radical (unpaired) electrons. The molecule has 4 heteroatoms. The number of nitrogens with one attached hydrogen (secondary N) is 1. The first-order valence-corrected chi connectivity index (χ1v) is 13.6. The molecule has 6 rings (SSSR count). The van der Waals surface area contributed by atoms with Crippen LogP contribution in [0.1, 0.15) is 40.7 Å². The van der Waals surface area contributed by atoms with Crippen LogP contribution in [0.25, 0.3) is 16.7 Å². The molecule has 1 aromatic heterocycles. The number of hydrogen-bond donors (Lipinski definition) is 1. The lowest BCUT2D eigenvalue weighted by Crippen LogP contribution is -2.18. The highest BCUT2D eigenvalue weighted by Crippen LogP contribution is 2.46. The first kappa shape index (κ1) is 24.7. The summed E-state index contributed by atoms with van der Waals surface area (Å²) in [7, 11) is 0. The Labute approximate surface area is 229 Å². The van der Waals surface area contributed by atoms with Crippen molar-refractivity contribution in [3.05, 3.63) is 137 Å². The van der Waals surface area contributed by atoms with Crippen molar-refractivity contribution in [3.63, 3.8) is 0 Å². The highest BCUT2D eigenvalue weighted by molar-refractivity contribution is 5.94. The molecule has 0 amide bonds. The van der Waals surface area contributed by atoms with Crippen molar-refractivity contribution < 1.29 is 9.47 Å². The number of benzene rings is 4. The Morgan fingerprint density at radius 1 is 0.872 bits per heavy atom. The van der Waals surface area contributed by atoms with Crippen LogP contribution >= 0.6 is 0 Å². The maximum absolute atomic E-state index is 6.63. The van der Waals surface area contributed by atoms with Crippen LogP contribution in [-0.2, 0) is 6.42 Å². The van der Waals surface area contributed by atoms with E-state index in [9.17, 15) is 0 Å². The standard InChI is InChI=1S/C35H32N2O2/c1-3-38-27-18-16-25(17-19-27)35-31(23-36-21-20-26-22-37-32-14-8-6-12-29(26)32)34(28-11-5-4-10-24(28)2)30-13-7-9-15-33(30)39-35/h4-19,22-23,34,37H,3,20-21H2,1-2H3/t34-/m1/s1. The van der Waals surface area contributed by atoms with Gasteiger partial charge in [-0.1, -0.05) is 60.7 Å². The van der Waals surface area contributed by atoms with Crippen molar-refractivity contribution >= 4 is 22.9 Å². The number of allylic oxidation sites excluding steroid dienone is 1. The number of para-hydroxylation sites is 2. The van der Waals surface area contributed by atoms with Crippen LogP contribution in [0.2, 0.25) is 0 Å². The van der Waals surface area contributed by atoms with E-state index in [1.807, 2.05) is 31.3 Å². The van der Waals surface area contributed by atoms with Crippen molar-refractivity contribution in [2.75, 3.05) is 13.2 Å². The van der Waals surface area contributed by atoms with Gasteiger partial charge in [0.1, 0.15) is 17.3 Å². The third-order valence-corrected chi connectivity index (χ3v) is 7.36. The van der Waals surface area contributed by atoms with Crippen LogP contribution in [-0.4, -0.2) is 24.4 Å². The molecular weight excluding hydrogens is 480 g/mol. The van der Waals surface area contributed by atoms with E-state index in [2.05, 4.69) is 97.0 Å². The number of nitrogens with zero attached hydrogens (tertiary/aromatic N) is 1. The summed E-state index contributed by atoms with van der Waals surface area (Å²) in [5, 5.41) is 1.26. The van der Waals surface area contributed by atoms with Gasteiger partial charge < -0.3 is 14.5 Å². The fourth-order valence-electron chi connectivity index (χ4n) is 5.44. The van der Waals surface area contributed by atoms with Gasteiger partial charge in [0.25, 0.3) is 0 Å². The Kier molecular flexibility index (Phi) is 7.01. The quantitative estimate of drug-likeness (QED) is 0.213. The van der Waals surface area contributed by atoms with Crippen LogP contribution < -0.4 is 9.47 Å². The second-order valence-corrected chi connectivity index (χ2v) is 9.82. The Hall–Kier alpha value is -4.57. The van der Waals surface area contributed by atoms with Gasteiger partial charge in [-0.05, 0) is 73.4 Å². The molecule has 0 bridgehead atoms. The van der Waals surface area contributed by atoms with Crippen molar-refractivity contribution in [1.29, 1.82) is 0 Å². The zero-order valence-electron chi connectivity index (χ0n) is 22.4. The molecule has 2 heterocycles. The second-order valence-electron chi connectivity index (χ2n) is 9.82. The number of aromatic nitrogens is 1. The van der Waals surface area contributed by atoms with E-state index in [1.54, 1.807) is 0 Å². The molecule has 4 nitrogen and oxygen atoms in total. The van der Waals surface area contributed by atoms with E-state index in [0.29, 0.717) is 13.2 Å². The van der Waals surface area contributed by atoms with Crippen LogP contribution in [0.15, 0.2) is 114 Å². The fraction of sp³-hybridized carbons (Fsp3) is 0.171. The van der Waals surface area contributed by atoms with E-state index in [0.717, 1.165) is 45.9 Å². The molecule has 0 unspecified atom stereocenters. The van der Waals surface area contributed by atoms with E-state index in [-0.39, 0.29) is 5.92 Å². The summed E-state index contributed by atoms with van der Waals surface area (Å²) in [4.78, 5) is 8.35. The molecule has 0 fully saturated rings. The van der Waals surface area contributed by atoms with Gasteiger partial charge in [0, 0.05) is 52.5 Å². The first-order valence-electron chi connectivity index (χ1n) is 13.6. The van der Waals surface area contributed by atoms with Gasteiger partial charge in [-0.3, -0.25) is 4.99 Å². The molecule has 0 spiro atoms. The number of aliphatic imine (C=N–C) groups is 1. The Balaban J connectivity index is 1.42. The topological polar surface area (TPSA) is 46.6 Å². The molecule has 1 aliphatic rings. The molecule has 39 heavy (non-hydrogen) atoms. The predicted octanol–water partition coefficient (Wildman–Crippen LogP) is 8.12. The van der Waals surface area contributed by atoms with Crippen LogP contribution in [0.4, 0.5) is 0 Å². The van der Waals surface area contributed by atoms with Crippen LogP contribution in [0.3, 0.4) is 0 Å². The lowest BCUT2D eigenvalue weighted by molar-refractivity contribution is 0.340. The van der Waals surface area contributed by atoms with Crippen molar-refractivity contribution in [2.45, 2.75) is 26.2 Å². The second kappa shape index (κ2) is 11.0. The third-order valence-electron chi connectivity index (χ3n) is 7.36. The van der Waals surface area contributed by atoms with Crippen LogP contribution in [0, 0.1) is 6.92 Å². The van der Waals surface area contributed by atoms with Crippen molar-refractivity contribution in [1.82, 2.24) is 4.98 Å². The largest absolute Gasteiger partial charge is 0.494 e. The lowest BCUT2D eigenvalue weighted by Gasteiger charge is -2.30. The summed E-state index contributed by atoms with van der Waals surface area (Å²) in [6, 6.07) is 33.5. The number of hydrogen-bond acceptors (Lipinski definition) is 3. The summed E-state index contributed by atoms with van der Waals surface area (Å²) >= 11 is 0. The Bertz CT molecular complexity index is 1660. The monoisotopic (exact) mass is 512 g/mol. The van der Waals surface area contributed by atoms with Gasteiger partial charge in [0.15, 0.2) is 0 Å². The lowest BCUT2D eigenvalue weighted by atomic mass is 9.80. The number of rotatable bonds is 8. The van der Waals surface area contributed by atoms with Crippen LogP contribution in [0.5, 0.6) is 11.5 Å². The fourth-order valence-corrected chi connectivity index (χ4v) is 5.44. The third kappa shape index (κ3) is 4.98. The smallest absolute Gasteiger partial charge is 0.140 e. The number of fused-ring (bicyclic) bond motifs is 2. The molecule has 4 aromatic carbocycles.